The molecule has 6 nitrogen and oxygen atoms in total. The van der Waals surface area contributed by atoms with E-state index in [9.17, 15) is 9.59 Å². The van der Waals surface area contributed by atoms with E-state index in [1.54, 1.807) is 35.4 Å². The molecule has 29 heavy (non-hydrogen) atoms. The van der Waals surface area contributed by atoms with E-state index in [1.165, 1.54) is 6.07 Å². The number of aromatic nitrogens is 1. The highest BCUT2D eigenvalue weighted by Gasteiger charge is 2.30. The molecule has 0 bridgehead atoms. The van der Waals surface area contributed by atoms with E-state index < -0.39 is 0 Å². The van der Waals surface area contributed by atoms with Crippen molar-refractivity contribution in [2.24, 2.45) is 0 Å². The fraction of sp³-hybridized carbons (Fsp3) is 0.174. The van der Waals surface area contributed by atoms with E-state index in [1.807, 2.05) is 30.3 Å². The van der Waals surface area contributed by atoms with Gasteiger partial charge in [0, 0.05) is 30.6 Å². The molecular formula is C23H18N2O4. The molecule has 1 amide bonds. The molecule has 2 aromatic heterocycles. The molecule has 1 aliphatic rings. The summed E-state index contributed by atoms with van der Waals surface area (Å²) < 4.78 is 11.8. The van der Waals surface area contributed by atoms with Gasteiger partial charge in [-0.3, -0.25) is 14.6 Å². The van der Waals surface area contributed by atoms with Gasteiger partial charge in [0.1, 0.15) is 23.0 Å². The molecule has 2 aromatic carbocycles. The molecule has 1 unspecified atom stereocenters. The van der Waals surface area contributed by atoms with Crippen LogP contribution in [-0.2, 0) is 0 Å². The van der Waals surface area contributed by atoms with Crippen molar-refractivity contribution < 1.29 is 13.9 Å². The summed E-state index contributed by atoms with van der Waals surface area (Å²) in [4.78, 5) is 31.2. The van der Waals surface area contributed by atoms with E-state index in [4.69, 9.17) is 9.15 Å². The van der Waals surface area contributed by atoms with Crippen LogP contribution in [-0.4, -0.2) is 35.0 Å². The third kappa shape index (κ3) is 3.23. The molecule has 0 radical (unpaired) electrons. The first kappa shape index (κ1) is 17.4. The Morgan fingerprint density at radius 3 is 2.90 bits per heavy atom. The fourth-order valence-electron chi connectivity index (χ4n) is 3.72. The van der Waals surface area contributed by atoms with Gasteiger partial charge in [0.15, 0.2) is 11.2 Å². The number of amides is 1. The van der Waals surface area contributed by atoms with Crippen molar-refractivity contribution in [2.45, 2.75) is 12.5 Å². The summed E-state index contributed by atoms with van der Waals surface area (Å²) in [5, 5.41) is 1.48. The normalized spacial score (nSPS) is 16.4. The average Bonchev–Trinajstić information content (AvgIpc) is 3.22. The lowest BCUT2D eigenvalue weighted by Gasteiger charge is -2.17. The van der Waals surface area contributed by atoms with Crippen molar-refractivity contribution in [3.8, 4) is 5.75 Å². The van der Waals surface area contributed by atoms with Crippen molar-refractivity contribution in [1.29, 1.82) is 0 Å². The Labute approximate surface area is 166 Å². The number of ether oxygens (including phenoxy) is 1. The maximum Gasteiger partial charge on any atom is 0.289 e. The molecule has 0 saturated carbocycles. The molecule has 1 aliphatic heterocycles. The van der Waals surface area contributed by atoms with Crippen LogP contribution in [0.25, 0.3) is 21.9 Å². The molecule has 3 heterocycles. The van der Waals surface area contributed by atoms with E-state index in [0.717, 1.165) is 10.9 Å². The Morgan fingerprint density at radius 2 is 1.97 bits per heavy atom. The minimum absolute atomic E-state index is 0.0566. The standard InChI is InChI=1S/C23H18N2O4/c26-18-13-21(29-19-8-2-1-7-17(18)19)23(27)25-12-10-16(14-25)28-20-9-3-5-15-6-4-11-24-22(15)20/h1-9,11,13,16H,10,12,14H2. The van der Waals surface area contributed by atoms with Gasteiger partial charge in [0.05, 0.1) is 11.9 Å². The highest BCUT2D eigenvalue weighted by molar-refractivity contribution is 5.93. The number of fused-ring (bicyclic) bond motifs is 2. The topological polar surface area (TPSA) is 72.6 Å². The van der Waals surface area contributed by atoms with Gasteiger partial charge in [-0.25, -0.2) is 0 Å². The largest absolute Gasteiger partial charge is 0.486 e. The number of nitrogens with zero attached hydrogens (tertiary/aromatic N) is 2. The highest BCUT2D eigenvalue weighted by Crippen LogP contribution is 2.26. The van der Waals surface area contributed by atoms with Crippen LogP contribution >= 0.6 is 0 Å². The minimum Gasteiger partial charge on any atom is -0.486 e. The predicted octanol–water partition coefficient (Wildman–Crippen LogP) is 3.63. The summed E-state index contributed by atoms with van der Waals surface area (Å²) in [6.07, 6.45) is 2.30. The molecular weight excluding hydrogens is 368 g/mol. The molecule has 1 fully saturated rings. The van der Waals surface area contributed by atoms with Crippen LogP contribution in [0.2, 0.25) is 0 Å². The maximum atomic E-state index is 12.9. The van der Waals surface area contributed by atoms with E-state index in [2.05, 4.69) is 4.98 Å². The maximum absolute atomic E-state index is 12.9. The number of hydrogen-bond acceptors (Lipinski definition) is 5. The average molecular weight is 386 g/mol. The van der Waals surface area contributed by atoms with Crippen LogP contribution in [0.4, 0.5) is 0 Å². The number of benzene rings is 2. The molecule has 1 saturated heterocycles. The molecule has 0 spiro atoms. The summed E-state index contributed by atoms with van der Waals surface area (Å²) >= 11 is 0. The molecule has 6 heteroatoms. The molecule has 144 valence electrons. The van der Waals surface area contributed by atoms with Crippen molar-refractivity contribution in [1.82, 2.24) is 9.88 Å². The van der Waals surface area contributed by atoms with Gasteiger partial charge in [-0.2, -0.15) is 0 Å². The van der Waals surface area contributed by atoms with Gasteiger partial charge in [-0.1, -0.05) is 30.3 Å². The number of hydrogen-bond donors (Lipinski definition) is 0. The second kappa shape index (κ2) is 7.05. The zero-order chi connectivity index (χ0) is 19.8. The third-order valence-corrected chi connectivity index (χ3v) is 5.17. The molecule has 1 atom stereocenters. The molecule has 4 aromatic rings. The Bertz CT molecular complexity index is 1280. The Kier molecular flexibility index (Phi) is 4.24. The van der Waals surface area contributed by atoms with E-state index in [-0.39, 0.29) is 23.2 Å². The minimum atomic E-state index is -0.296. The number of carbonyl (C=O) groups excluding carboxylic acids is 1. The lowest BCUT2D eigenvalue weighted by atomic mass is 10.2. The first-order valence-electron chi connectivity index (χ1n) is 9.51. The number of para-hydroxylation sites is 2. The van der Waals surface area contributed by atoms with Crippen LogP contribution in [0.1, 0.15) is 17.0 Å². The monoisotopic (exact) mass is 386 g/mol. The van der Waals surface area contributed by atoms with E-state index >= 15 is 0 Å². The Hall–Kier alpha value is -3.67. The van der Waals surface area contributed by atoms with Gasteiger partial charge in [-0.15, -0.1) is 0 Å². The van der Waals surface area contributed by atoms with Gasteiger partial charge in [0.25, 0.3) is 5.91 Å². The SMILES string of the molecule is O=C(c1cc(=O)c2ccccc2o1)N1CCC(Oc2cccc3cccnc23)C1. The van der Waals surface area contributed by atoms with Crippen LogP contribution in [0.5, 0.6) is 5.75 Å². The lowest BCUT2D eigenvalue weighted by molar-refractivity contribution is 0.0742. The molecule has 5 rings (SSSR count). The fourth-order valence-corrected chi connectivity index (χ4v) is 3.72. The molecule has 0 N–H and O–H groups in total. The third-order valence-electron chi connectivity index (χ3n) is 5.17. The zero-order valence-corrected chi connectivity index (χ0v) is 15.6. The van der Waals surface area contributed by atoms with Crippen LogP contribution in [0.3, 0.4) is 0 Å². The quantitative estimate of drug-likeness (QED) is 0.538. The summed E-state index contributed by atoms with van der Waals surface area (Å²) in [5.41, 5.74) is 1.00. The highest BCUT2D eigenvalue weighted by atomic mass is 16.5. The van der Waals surface area contributed by atoms with Crippen molar-refractivity contribution in [2.75, 3.05) is 13.1 Å². The Morgan fingerprint density at radius 1 is 1.10 bits per heavy atom. The van der Waals surface area contributed by atoms with Gasteiger partial charge >= 0.3 is 0 Å². The predicted molar refractivity (Wildman–Crippen MR) is 109 cm³/mol. The lowest BCUT2D eigenvalue weighted by Crippen LogP contribution is -2.31. The number of rotatable bonds is 3. The second-order valence-corrected chi connectivity index (χ2v) is 7.08. The van der Waals surface area contributed by atoms with Gasteiger partial charge in [0.2, 0.25) is 0 Å². The van der Waals surface area contributed by atoms with Crippen molar-refractivity contribution in [3.05, 3.63) is 82.8 Å². The summed E-state index contributed by atoms with van der Waals surface area (Å²) in [5.74, 6) is 0.468. The number of likely N-dealkylation sites (tertiary alicyclic amines) is 1. The van der Waals surface area contributed by atoms with Gasteiger partial charge < -0.3 is 14.1 Å². The van der Waals surface area contributed by atoms with E-state index in [0.29, 0.717) is 36.2 Å². The summed E-state index contributed by atoms with van der Waals surface area (Å²) in [6.45, 7) is 0.969. The zero-order valence-electron chi connectivity index (χ0n) is 15.6. The summed E-state index contributed by atoms with van der Waals surface area (Å²) in [6, 6.07) is 17.9. The van der Waals surface area contributed by atoms with Crippen LogP contribution in [0.15, 0.2) is 76.1 Å². The molecule has 0 aliphatic carbocycles. The van der Waals surface area contributed by atoms with Crippen molar-refractivity contribution in [3.63, 3.8) is 0 Å². The van der Waals surface area contributed by atoms with Crippen LogP contribution < -0.4 is 10.2 Å². The second-order valence-electron chi connectivity index (χ2n) is 7.08. The van der Waals surface area contributed by atoms with Gasteiger partial charge in [-0.05, 0) is 24.3 Å². The number of pyridine rings is 1. The number of carbonyl (C=O) groups is 1. The van der Waals surface area contributed by atoms with Crippen molar-refractivity contribution >= 4 is 27.8 Å². The first-order valence-corrected chi connectivity index (χ1v) is 9.51. The first-order chi connectivity index (χ1) is 14.2. The Balaban J connectivity index is 1.35. The smallest absolute Gasteiger partial charge is 0.289 e. The summed E-state index contributed by atoms with van der Waals surface area (Å²) in [7, 11) is 0. The van der Waals surface area contributed by atoms with Crippen LogP contribution in [0, 0.1) is 0 Å².